The highest BCUT2D eigenvalue weighted by Crippen LogP contribution is 2.33. The Labute approximate surface area is 182 Å². The van der Waals surface area contributed by atoms with E-state index in [2.05, 4.69) is 25.3 Å². The molecule has 0 amide bonds. The van der Waals surface area contributed by atoms with Gasteiger partial charge in [0, 0.05) is 30.6 Å². The van der Waals surface area contributed by atoms with E-state index in [4.69, 9.17) is 0 Å². The van der Waals surface area contributed by atoms with Gasteiger partial charge in [0.15, 0.2) is 0 Å². The Morgan fingerprint density at radius 3 is 2.39 bits per heavy atom. The van der Waals surface area contributed by atoms with E-state index in [9.17, 15) is 26.3 Å². The second-order valence-electron chi connectivity index (χ2n) is 6.83. The normalized spacial score (nSPS) is 12.1. The highest BCUT2D eigenvalue weighted by atomic mass is 19.4. The van der Waals surface area contributed by atoms with Crippen molar-refractivity contribution in [3.8, 4) is 11.4 Å². The van der Waals surface area contributed by atoms with Gasteiger partial charge < -0.3 is 15.4 Å². The van der Waals surface area contributed by atoms with Crippen LogP contribution in [-0.2, 0) is 6.18 Å². The summed E-state index contributed by atoms with van der Waals surface area (Å²) in [6, 6.07) is 11.4. The maximum Gasteiger partial charge on any atom is 0.573 e. The summed E-state index contributed by atoms with van der Waals surface area (Å²) in [5, 5.41) is 5.70. The van der Waals surface area contributed by atoms with Gasteiger partial charge >= 0.3 is 12.5 Å². The highest BCUT2D eigenvalue weighted by Gasteiger charge is 2.31. The standard InChI is InChI=1S/C21H15F6N5O/c1-28-19-31-16-11-29-18(30-13-5-3-7-15(9-13)33-21(25,26)27)10-17(16)32(19)14-6-2-4-12(8-14)20(22,23)24/h2-11H,1H3,(H,28,31)(H,29,30). The minimum atomic E-state index is -4.84. The molecule has 0 spiro atoms. The lowest BCUT2D eigenvalue weighted by Crippen LogP contribution is -2.17. The van der Waals surface area contributed by atoms with Crippen molar-refractivity contribution < 1.29 is 31.1 Å². The first-order valence-electron chi connectivity index (χ1n) is 9.40. The number of pyridine rings is 1. The molecule has 6 nitrogen and oxygen atoms in total. The highest BCUT2D eigenvalue weighted by molar-refractivity contribution is 5.83. The van der Waals surface area contributed by atoms with Crippen LogP contribution in [0.2, 0.25) is 0 Å². The quantitative estimate of drug-likeness (QED) is 0.346. The third-order valence-electron chi connectivity index (χ3n) is 4.54. The number of ether oxygens (including phenoxy) is 1. The van der Waals surface area contributed by atoms with Gasteiger partial charge in [0.1, 0.15) is 17.1 Å². The monoisotopic (exact) mass is 467 g/mol. The summed E-state index contributed by atoms with van der Waals surface area (Å²) in [7, 11) is 1.57. The van der Waals surface area contributed by atoms with Crippen LogP contribution in [0.5, 0.6) is 5.75 Å². The van der Waals surface area contributed by atoms with E-state index in [1.54, 1.807) is 7.05 Å². The molecule has 2 aromatic carbocycles. The largest absolute Gasteiger partial charge is 0.573 e. The van der Waals surface area contributed by atoms with Gasteiger partial charge in [-0.15, -0.1) is 13.2 Å². The summed E-state index contributed by atoms with van der Waals surface area (Å²) in [6.45, 7) is 0. The minimum absolute atomic E-state index is 0.217. The summed E-state index contributed by atoms with van der Waals surface area (Å²) in [5.74, 6) is 0.103. The fourth-order valence-corrected chi connectivity index (χ4v) is 3.22. The molecular weight excluding hydrogens is 452 g/mol. The Kier molecular flexibility index (Phi) is 5.52. The van der Waals surface area contributed by atoms with Crippen molar-refractivity contribution in [2.45, 2.75) is 12.5 Å². The van der Waals surface area contributed by atoms with Crippen LogP contribution in [0.15, 0.2) is 60.8 Å². The first kappa shape index (κ1) is 22.2. The Hall–Kier alpha value is -3.96. The summed E-state index contributed by atoms with van der Waals surface area (Å²) < 4.78 is 82.4. The van der Waals surface area contributed by atoms with Crippen LogP contribution in [0.25, 0.3) is 16.7 Å². The second-order valence-corrected chi connectivity index (χ2v) is 6.83. The van der Waals surface area contributed by atoms with Crippen molar-refractivity contribution in [1.82, 2.24) is 14.5 Å². The first-order valence-corrected chi connectivity index (χ1v) is 9.40. The van der Waals surface area contributed by atoms with Gasteiger partial charge in [-0.3, -0.25) is 4.57 Å². The van der Waals surface area contributed by atoms with Crippen molar-refractivity contribution >= 4 is 28.5 Å². The third kappa shape index (κ3) is 4.94. The molecule has 2 heterocycles. The van der Waals surface area contributed by atoms with E-state index in [0.717, 1.165) is 24.3 Å². The minimum Gasteiger partial charge on any atom is -0.406 e. The average Bonchev–Trinajstić information content (AvgIpc) is 3.10. The Bertz CT molecular complexity index is 1300. The van der Waals surface area contributed by atoms with Crippen LogP contribution in [0.1, 0.15) is 5.56 Å². The van der Waals surface area contributed by atoms with E-state index >= 15 is 0 Å². The number of rotatable bonds is 5. The predicted molar refractivity (Wildman–Crippen MR) is 110 cm³/mol. The molecule has 4 aromatic rings. The topological polar surface area (TPSA) is 64.0 Å². The van der Waals surface area contributed by atoms with Crippen LogP contribution >= 0.6 is 0 Å². The maximum atomic E-state index is 13.2. The molecular formula is C21H15F6N5O. The predicted octanol–water partition coefficient (Wildman–Crippen LogP) is 6.12. The van der Waals surface area contributed by atoms with Gasteiger partial charge in [0.25, 0.3) is 0 Å². The summed E-state index contributed by atoms with van der Waals surface area (Å²) in [6.07, 6.45) is -7.96. The molecule has 172 valence electrons. The summed E-state index contributed by atoms with van der Waals surface area (Å²) >= 11 is 0. The van der Waals surface area contributed by atoms with Gasteiger partial charge in [-0.25, -0.2) is 9.97 Å². The molecule has 2 N–H and O–H groups in total. The molecule has 4 rings (SSSR count). The summed E-state index contributed by atoms with van der Waals surface area (Å²) in [5.41, 5.74) is 0.491. The number of nitrogens with zero attached hydrogens (tertiary/aromatic N) is 3. The van der Waals surface area contributed by atoms with Gasteiger partial charge in [-0.2, -0.15) is 13.2 Å². The van der Waals surface area contributed by atoms with Crippen LogP contribution in [0.4, 0.5) is 43.8 Å². The number of imidazole rings is 1. The zero-order valence-corrected chi connectivity index (χ0v) is 16.8. The smallest absolute Gasteiger partial charge is 0.406 e. The van der Waals surface area contributed by atoms with Crippen LogP contribution < -0.4 is 15.4 Å². The van der Waals surface area contributed by atoms with Gasteiger partial charge in [0.05, 0.1) is 17.3 Å². The molecule has 33 heavy (non-hydrogen) atoms. The fraction of sp³-hybridized carbons (Fsp3) is 0.143. The average molecular weight is 467 g/mol. The third-order valence-corrected chi connectivity index (χ3v) is 4.54. The molecule has 0 saturated heterocycles. The number of hydrogen-bond donors (Lipinski definition) is 2. The van der Waals surface area contributed by atoms with Crippen LogP contribution in [0, 0.1) is 0 Å². The zero-order chi connectivity index (χ0) is 23.8. The SMILES string of the molecule is CNc1nc2cnc(Nc3cccc(OC(F)(F)F)c3)cc2n1-c1cccc(C(F)(F)F)c1. The lowest BCUT2D eigenvalue weighted by atomic mass is 10.2. The van der Waals surface area contributed by atoms with E-state index in [1.807, 2.05) is 0 Å². The molecule has 0 unspecified atom stereocenters. The number of aromatic nitrogens is 3. The zero-order valence-electron chi connectivity index (χ0n) is 16.8. The lowest BCUT2D eigenvalue weighted by Gasteiger charge is -2.13. The Morgan fingerprint density at radius 1 is 0.939 bits per heavy atom. The van der Waals surface area contributed by atoms with Crippen molar-refractivity contribution in [1.29, 1.82) is 0 Å². The second kappa shape index (κ2) is 8.19. The number of benzene rings is 2. The molecule has 12 heteroatoms. The summed E-state index contributed by atoms with van der Waals surface area (Å²) in [4.78, 5) is 8.53. The number of fused-ring (bicyclic) bond motifs is 1. The van der Waals surface area contributed by atoms with Crippen LogP contribution in [0.3, 0.4) is 0 Å². The van der Waals surface area contributed by atoms with Crippen molar-refractivity contribution in [3.05, 3.63) is 66.4 Å². The van der Waals surface area contributed by atoms with Crippen molar-refractivity contribution in [2.24, 2.45) is 0 Å². The number of hydrogen-bond acceptors (Lipinski definition) is 5. The Balaban J connectivity index is 1.74. The number of anilines is 3. The van der Waals surface area contributed by atoms with E-state index in [-0.39, 0.29) is 23.1 Å². The molecule has 2 aromatic heterocycles. The lowest BCUT2D eigenvalue weighted by molar-refractivity contribution is -0.274. The molecule has 0 aliphatic rings. The molecule has 0 atom stereocenters. The van der Waals surface area contributed by atoms with Crippen molar-refractivity contribution in [2.75, 3.05) is 17.7 Å². The molecule has 0 bridgehead atoms. The first-order chi connectivity index (χ1) is 15.5. The molecule has 0 aliphatic carbocycles. The fourth-order valence-electron chi connectivity index (χ4n) is 3.22. The number of nitrogens with one attached hydrogen (secondary N) is 2. The molecule has 0 fully saturated rings. The van der Waals surface area contributed by atoms with Gasteiger partial charge in [-0.1, -0.05) is 12.1 Å². The molecule has 0 saturated carbocycles. The maximum absolute atomic E-state index is 13.2. The van der Waals surface area contributed by atoms with Crippen molar-refractivity contribution in [3.63, 3.8) is 0 Å². The van der Waals surface area contributed by atoms with E-state index in [1.165, 1.54) is 41.1 Å². The number of halogens is 6. The van der Waals surface area contributed by atoms with E-state index < -0.39 is 23.9 Å². The van der Waals surface area contributed by atoms with Gasteiger partial charge in [0.2, 0.25) is 5.95 Å². The van der Waals surface area contributed by atoms with Crippen LogP contribution in [-0.4, -0.2) is 27.9 Å². The molecule has 0 aliphatic heterocycles. The Morgan fingerprint density at radius 2 is 1.70 bits per heavy atom. The van der Waals surface area contributed by atoms with Gasteiger partial charge in [-0.05, 0) is 30.3 Å². The molecule has 0 radical (unpaired) electrons. The van der Waals surface area contributed by atoms with E-state index in [0.29, 0.717) is 11.0 Å². The number of alkyl halides is 6.